The van der Waals surface area contributed by atoms with E-state index in [-0.39, 0.29) is 5.92 Å². The van der Waals surface area contributed by atoms with Crippen LogP contribution in [0, 0.1) is 29.6 Å². The number of hydrogen-bond donors (Lipinski definition) is 0. The summed E-state index contributed by atoms with van der Waals surface area (Å²) in [7, 11) is -9.63. The first-order valence-corrected chi connectivity index (χ1v) is 13.0. The second kappa shape index (κ2) is 8.57. The number of alkyl halides is 2. The van der Waals surface area contributed by atoms with Crippen molar-refractivity contribution in [3.8, 4) is 0 Å². The van der Waals surface area contributed by atoms with Gasteiger partial charge in [0, 0.05) is 0 Å². The first-order chi connectivity index (χ1) is 12.8. The van der Waals surface area contributed by atoms with Gasteiger partial charge in [-0.2, -0.15) is 8.78 Å². The Balaban J connectivity index is 1.77. The van der Waals surface area contributed by atoms with Gasteiger partial charge < -0.3 is 0 Å². The van der Waals surface area contributed by atoms with Crippen LogP contribution < -0.4 is 0 Å². The highest BCUT2D eigenvalue weighted by molar-refractivity contribution is 8.01. The Hall–Kier alpha value is -0.350. The monoisotopic (exact) mass is 431 g/mol. The van der Waals surface area contributed by atoms with Crippen LogP contribution in [0.5, 0.6) is 0 Å². The standard InChI is InChI=1S/C17H28F3NO4S2/c18-17(19)27(24,25-20)21-26(22,23)10-9-16-14-7-3-1-5-12(14)11-13-6-2-4-8-15(13)16/h12-17H,1-11H2. The number of halogens is 3. The highest BCUT2D eigenvalue weighted by Crippen LogP contribution is 2.54. The number of nitrogens with zero attached hydrogens (tertiary/aromatic N) is 1. The Labute approximate surface area is 159 Å². The zero-order chi connectivity index (χ0) is 19.7. The fourth-order valence-corrected chi connectivity index (χ4v) is 8.41. The minimum Gasteiger partial charge on any atom is -0.211 e. The van der Waals surface area contributed by atoms with Crippen LogP contribution in [0.1, 0.15) is 64.2 Å². The largest absolute Gasteiger partial charge is 0.346 e. The maximum Gasteiger partial charge on any atom is 0.346 e. The average molecular weight is 432 g/mol. The third kappa shape index (κ3) is 4.80. The highest BCUT2D eigenvalue weighted by atomic mass is 32.3. The predicted octanol–water partition coefficient (Wildman–Crippen LogP) is 4.85. The minimum atomic E-state index is -5.16. The molecule has 0 aromatic heterocycles. The smallest absolute Gasteiger partial charge is 0.211 e. The third-order valence-corrected chi connectivity index (χ3v) is 10.0. The van der Waals surface area contributed by atoms with Crippen molar-refractivity contribution in [3.05, 3.63) is 0 Å². The fraction of sp³-hybridized carbons (Fsp3) is 1.00. The lowest BCUT2D eigenvalue weighted by atomic mass is 9.54. The minimum absolute atomic E-state index is 0.216. The van der Waals surface area contributed by atoms with Crippen molar-refractivity contribution in [2.45, 2.75) is 70.0 Å². The van der Waals surface area contributed by atoms with E-state index in [4.69, 9.17) is 0 Å². The van der Waals surface area contributed by atoms with E-state index >= 15 is 0 Å². The molecule has 5 unspecified atom stereocenters. The average Bonchev–Trinajstić information content (AvgIpc) is 2.64. The molecule has 0 radical (unpaired) electrons. The molecule has 0 bridgehead atoms. The van der Waals surface area contributed by atoms with E-state index in [0.29, 0.717) is 30.1 Å². The summed E-state index contributed by atoms with van der Waals surface area (Å²) in [5.41, 5.74) is 0. The fourth-order valence-electron chi connectivity index (χ4n) is 5.87. The van der Waals surface area contributed by atoms with Crippen molar-refractivity contribution < 1.29 is 30.3 Å². The Kier molecular flexibility index (Phi) is 6.78. The highest BCUT2D eigenvalue weighted by Gasteiger charge is 2.45. The van der Waals surface area contributed by atoms with Crippen LogP contribution in [0.4, 0.5) is 13.3 Å². The molecule has 0 aromatic carbocycles. The number of hydrogen-bond acceptors (Lipinski definition) is 4. The predicted molar refractivity (Wildman–Crippen MR) is 96.2 cm³/mol. The van der Waals surface area contributed by atoms with Crippen LogP contribution >= 0.6 is 0 Å². The van der Waals surface area contributed by atoms with E-state index in [2.05, 4.69) is 8.16 Å². The molecule has 3 aliphatic rings. The van der Waals surface area contributed by atoms with Gasteiger partial charge in [-0.1, -0.05) is 46.7 Å². The molecule has 10 heteroatoms. The molecule has 5 atom stereocenters. The van der Waals surface area contributed by atoms with Gasteiger partial charge in [-0.05, 0) is 59.8 Å². The molecule has 158 valence electrons. The molecular weight excluding hydrogens is 403 g/mol. The van der Waals surface area contributed by atoms with Crippen LogP contribution in [0.15, 0.2) is 3.77 Å². The number of sulfonamides is 1. The SMILES string of the molecule is O=S(=O)(CCC1C2CCCCC2CC2CCCCC21)N=S(=O)(OF)C(F)F. The van der Waals surface area contributed by atoms with Gasteiger partial charge in [0.2, 0.25) is 0 Å². The Morgan fingerprint density at radius 2 is 1.44 bits per heavy atom. The first-order valence-electron chi connectivity index (χ1n) is 9.84. The van der Waals surface area contributed by atoms with Gasteiger partial charge in [0.05, 0.1) is 5.75 Å². The summed E-state index contributed by atoms with van der Waals surface area (Å²) < 4.78 is 78.7. The Bertz CT molecular complexity index is 714. The summed E-state index contributed by atoms with van der Waals surface area (Å²) in [4.78, 5) is 0. The molecule has 3 rings (SSSR count). The molecule has 0 heterocycles. The molecular formula is C17H28F3NO4S2. The molecule has 0 spiro atoms. The number of rotatable bonds is 6. The molecule has 3 saturated carbocycles. The zero-order valence-electron chi connectivity index (χ0n) is 15.3. The van der Waals surface area contributed by atoms with Gasteiger partial charge >= 0.3 is 5.76 Å². The Morgan fingerprint density at radius 3 is 1.93 bits per heavy atom. The number of fused-ring (bicyclic) bond motifs is 2. The lowest BCUT2D eigenvalue weighted by Gasteiger charge is -2.51. The maximum atomic E-state index is 12.7. The van der Waals surface area contributed by atoms with E-state index in [9.17, 15) is 25.9 Å². The maximum absolute atomic E-state index is 12.7. The van der Waals surface area contributed by atoms with Crippen LogP contribution in [0.3, 0.4) is 0 Å². The lowest BCUT2D eigenvalue weighted by Crippen LogP contribution is -2.43. The molecule has 0 aliphatic heterocycles. The van der Waals surface area contributed by atoms with Crippen molar-refractivity contribution in [1.29, 1.82) is 0 Å². The van der Waals surface area contributed by atoms with Crippen LogP contribution in [-0.4, -0.2) is 24.1 Å². The molecule has 0 saturated heterocycles. The first kappa shape index (κ1) is 21.4. The lowest BCUT2D eigenvalue weighted by molar-refractivity contribution is -0.0124. The zero-order valence-corrected chi connectivity index (χ0v) is 16.9. The summed E-state index contributed by atoms with van der Waals surface area (Å²) in [6.07, 6.45) is 10.7. The summed E-state index contributed by atoms with van der Waals surface area (Å²) in [5, 5.41) is 0. The van der Waals surface area contributed by atoms with Crippen LogP contribution in [-0.2, 0) is 24.4 Å². The molecule has 5 nitrogen and oxygen atoms in total. The van der Waals surface area contributed by atoms with Gasteiger partial charge in [0.15, 0.2) is 0 Å². The summed E-state index contributed by atoms with van der Waals surface area (Å²) in [5.74, 6) is -1.94. The Morgan fingerprint density at radius 1 is 0.926 bits per heavy atom. The van der Waals surface area contributed by atoms with Gasteiger partial charge in [-0.25, -0.2) is 12.6 Å². The van der Waals surface area contributed by atoms with Crippen molar-refractivity contribution >= 4 is 20.0 Å². The van der Waals surface area contributed by atoms with Crippen molar-refractivity contribution in [3.63, 3.8) is 0 Å². The van der Waals surface area contributed by atoms with Crippen molar-refractivity contribution in [2.75, 3.05) is 5.75 Å². The van der Waals surface area contributed by atoms with Gasteiger partial charge in [-0.3, -0.25) is 0 Å². The second-order valence-electron chi connectivity index (χ2n) is 8.30. The van der Waals surface area contributed by atoms with Crippen molar-refractivity contribution in [2.24, 2.45) is 33.4 Å². The van der Waals surface area contributed by atoms with Gasteiger partial charge in [0.1, 0.15) is 0 Å². The summed E-state index contributed by atoms with van der Waals surface area (Å²) in [6.45, 7) is 0. The summed E-state index contributed by atoms with van der Waals surface area (Å²) >= 11 is 0. The molecule has 3 fully saturated rings. The molecule has 0 aromatic rings. The van der Waals surface area contributed by atoms with E-state index in [1.807, 2.05) is 0 Å². The molecule has 3 aliphatic carbocycles. The quantitative estimate of drug-likeness (QED) is 0.603. The van der Waals surface area contributed by atoms with E-state index in [1.165, 1.54) is 32.1 Å². The molecule has 27 heavy (non-hydrogen) atoms. The topological polar surface area (TPSA) is 72.8 Å². The van der Waals surface area contributed by atoms with E-state index in [0.717, 1.165) is 25.7 Å². The van der Waals surface area contributed by atoms with Crippen molar-refractivity contribution in [1.82, 2.24) is 0 Å². The third-order valence-electron chi connectivity index (χ3n) is 6.88. The summed E-state index contributed by atoms with van der Waals surface area (Å²) in [6, 6.07) is 0. The van der Waals surface area contributed by atoms with Crippen LogP contribution in [0.2, 0.25) is 0 Å². The van der Waals surface area contributed by atoms with Crippen LogP contribution in [0.25, 0.3) is 0 Å². The van der Waals surface area contributed by atoms with E-state index < -0.39 is 31.5 Å². The normalized spacial score (nSPS) is 36.5. The molecule has 0 amide bonds. The van der Waals surface area contributed by atoms with Gasteiger partial charge in [0.25, 0.3) is 20.0 Å². The van der Waals surface area contributed by atoms with Gasteiger partial charge in [-0.15, -0.1) is 0 Å². The second-order valence-corrected chi connectivity index (χ2v) is 12.0. The van der Waals surface area contributed by atoms with E-state index in [1.54, 1.807) is 0 Å². The molecule has 0 N–H and O–H groups in total.